The second-order valence-electron chi connectivity index (χ2n) is 12.6. The fourth-order valence-electron chi connectivity index (χ4n) is 6.73. The van der Waals surface area contributed by atoms with Crippen molar-refractivity contribution in [2.75, 3.05) is 13.7 Å². The molecule has 2 aliphatic rings. The summed E-state index contributed by atoms with van der Waals surface area (Å²) in [5.74, 6) is 0.147. The van der Waals surface area contributed by atoms with E-state index in [0.717, 1.165) is 50.5 Å². The zero-order chi connectivity index (χ0) is 31.7. The molecule has 0 spiro atoms. The number of H-pyrrole nitrogens is 1. The van der Waals surface area contributed by atoms with Gasteiger partial charge in [-0.1, -0.05) is 23.7 Å². The number of rotatable bonds is 11. The van der Waals surface area contributed by atoms with Crippen LogP contribution in [0.4, 0.5) is 4.39 Å². The van der Waals surface area contributed by atoms with E-state index in [0.29, 0.717) is 46.5 Å². The Kier molecular flexibility index (Phi) is 9.26. The van der Waals surface area contributed by atoms with Gasteiger partial charge in [-0.25, -0.2) is 9.18 Å². The zero-order valence-corrected chi connectivity index (χ0v) is 26.3. The molecule has 2 fully saturated rings. The Hall–Kier alpha value is -3.73. The quantitative estimate of drug-likeness (QED) is 0.117. The summed E-state index contributed by atoms with van der Waals surface area (Å²) < 4.78 is 21.9. The van der Waals surface area contributed by atoms with Crippen LogP contribution in [0.3, 0.4) is 0 Å². The third-order valence-corrected chi connectivity index (χ3v) is 9.74. The van der Waals surface area contributed by atoms with Crippen molar-refractivity contribution in [1.29, 1.82) is 5.41 Å². The number of benzene rings is 2. The highest BCUT2D eigenvalue weighted by Gasteiger charge is 2.29. The summed E-state index contributed by atoms with van der Waals surface area (Å²) in [6.45, 7) is 0.426. The molecule has 1 saturated carbocycles. The van der Waals surface area contributed by atoms with Gasteiger partial charge in [0.2, 0.25) is 0 Å². The maximum atomic E-state index is 15.2. The van der Waals surface area contributed by atoms with Gasteiger partial charge in [0, 0.05) is 35.3 Å². The third kappa shape index (κ3) is 7.08. The van der Waals surface area contributed by atoms with E-state index in [-0.39, 0.29) is 23.1 Å². The Morgan fingerprint density at radius 2 is 1.98 bits per heavy atom. The number of aromatic nitrogens is 3. The molecule has 6 rings (SSSR count). The number of amidine groups is 1. The van der Waals surface area contributed by atoms with E-state index in [1.54, 1.807) is 18.3 Å². The highest BCUT2D eigenvalue weighted by Crippen LogP contribution is 2.36. The molecule has 1 saturated heterocycles. The van der Waals surface area contributed by atoms with Gasteiger partial charge in [-0.15, -0.1) is 0 Å². The molecule has 4 aromatic rings. The number of nitrogens with zero attached hydrogens (tertiary/aromatic N) is 3. The first-order valence-corrected chi connectivity index (χ1v) is 16.2. The SMILES string of the molecule is CN1[C@H](CCOC(=N)N)CCC[C@H]1c1ccc(-n2cc3cc(-c4cc(CCC[C@@H](N)C5CC5)cc(Cl)c4F)[nH]c3nc2=O)cc1. The minimum absolute atomic E-state index is 0.0691. The lowest BCUT2D eigenvalue weighted by Crippen LogP contribution is -2.39. The van der Waals surface area contributed by atoms with Gasteiger partial charge in [0.25, 0.3) is 6.02 Å². The maximum Gasteiger partial charge on any atom is 0.354 e. The first-order chi connectivity index (χ1) is 21.7. The average molecular weight is 634 g/mol. The van der Waals surface area contributed by atoms with E-state index in [9.17, 15) is 4.79 Å². The van der Waals surface area contributed by atoms with E-state index in [4.69, 9.17) is 33.2 Å². The first kappa shape index (κ1) is 31.3. The normalized spacial score (nSPS) is 19.6. The number of aromatic amines is 1. The Morgan fingerprint density at radius 3 is 2.71 bits per heavy atom. The van der Waals surface area contributed by atoms with Gasteiger partial charge in [-0.05, 0) is 112 Å². The number of hydrogen-bond acceptors (Lipinski definition) is 6. The lowest BCUT2D eigenvalue weighted by atomic mass is 9.90. The van der Waals surface area contributed by atoms with Crippen molar-refractivity contribution in [1.82, 2.24) is 19.4 Å². The van der Waals surface area contributed by atoms with Gasteiger partial charge in [0.05, 0.1) is 23.0 Å². The molecule has 45 heavy (non-hydrogen) atoms. The topological polar surface area (TPSA) is 139 Å². The Morgan fingerprint density at radius 1 is 1.20 bits per heavy atom. The minimum Gasteiger partial charge on any atom is -0.466 e. The van der Waals surface area contributed by atoms with Crippen LogP contribution in [-0.4, -0.2) is 51.2 Å². The van der Waals surface area contributed by atoms with Crippen LogP contribution in [-0.2, 0) is 11.2 Å². The number of nitrogens with one attached hydrogen (secondary N) is 2. The highest BCUT2D eigenvalue weighted by atomic mass is 35.5. The van der Waals surface area contributed by atoms with Crippen LogP contribution in [0.5, 0.6) is 0 Å². The lowest BCUT2D eigenvalue weighted by molar-refractivity contribution is 0.0940. The molecule has 2 aromatic carbocycles. The Balaban J connectivity index is 1.19. The molecule has 3 heterocycles. The second kappa shape index (κ2) is 13.3. The van der Waals surface area contributed by atoms with Crippen molar-refractivity contribution >= 4 is 28.7 Å². The summed E-state index contributed by atoms with van der Waals surface area (Å²) in [6, 6.07) is 13.9. The molecular formula is C34H41ClFN7O2. The number of piperidine rings is 1. The van der Waals surface area contributed by atoms with Gasteiger partial charge in [-0.3, -0.25) is 14.9 Å². The molecule has 0 unspecified atom stereocenters. The standard InChI is InChI=1S/C34H41ClFN7O2/c1-42-24(14-15-45-33(38)39)5-3-7-30(42)22-10-12-25(13-11-22)43-19-23-18-29(40-32(23)41-34(43)44)26-16-20(17-27(35)31(26)36)4-2-6-28(37)21-8-9-21/h10-13,16-19,21,24,28,30H,2-9,14-15,37H2,1H3,(H3,38,39)(H,40,41,44)/t24-,28+,30-/m0/s1. The predicted molar refractivity (Wildman–Crippen MR) is 176 cm³/mol. The Labute approximate surface area is 267 Å². The average Bonchev–Trinajstić information content (AvgIpc) is 3.79. The van der Waals surface area contributed by atoms with Crippen LogP contribution in [0.2, 0.25) is 5.02 Å². The number of halogens is 2. The van der Waals surface area contributed by atoms with Crippen molar-refractivity contribution in [3.05, 3.63) is 81.1 Å². The first-order valence-electron chi connectivity index (χ1n) is 15.8. The molecule has 11 heteroatoms. The largest absolute Gasteiger partial charge is 0.466 e. The van der Waals surface area contributed by atoms with Crippen molar-refractivity contribution in [2.24, 2.45) is 17.4 Å². The fraction of sp³-hybridized carbons (Fsp3) is 0.441. The van der Waals surface area contributed by atoms with Crippen molar-refractivity contribution in [2.45, 2.75) is 75.9 Å². The number of fused-ring (bicyclic) bond motifs is 1. The fourth-order valence-corrected chi connectivity index (χ4v) is 6.97. The lowest BCUT2D eigenvalue weighted by Gasteiger charge is -2.40. The van der Waals surface area contributed by atoms with Gasteiger partial charge in [-0.2, -0.15) is 4.98 Å². The van der Waals surface area contributed by atoms with Gasteiger partial charge < -0.3 is 21.2 Å². The molecule has 2 aromatic heterocycles. The molecule has 0 bridgehead atoms. The van der Waals surface area contributed by atoms with E-state index >= 15 is 4.39 Å². The summed E-state index contributed by atoms with van der Waals surface area (Å²) in [7, 11) is 2.12. The van der Waals surface area contributed by atoms with E-state index < -0.39 is 11.5 Å². The maximum absolute atomic E-state index is 15.2. The Bertz CT molecular complexity index is 1730. The molecule has 1 aliphatic carbocycles. The van der Waals surface area contributed by atoms with Crippen molar-refractivity contribution in [3.8, 4) is 16.9 Å². The monoisotopic (exact) mass is 633 g/mol. The molecular weight excluding hydrogens is 593 g/mol. The zero-order valence-electron chi connectivity index (χ0n) is 25.6. The van der Waals surface area contributed by atoms with Crippen LogP contribution in [0.25, 0.3) is 28.0 Å². The number of aryl methyl sites for hydroxylation is 1. The molecule has 0 radical (unpaired) electrons. The smallest absolute Gasteiger partial charge is 0.354 e. The minimum atomic E-state index is -0.506. The van der Waals surface area contributed by atoms with Crippen molar-refractivity contribution < 1.29 is 9.13 Å². The summed E-state index contributed by atoms with van der Waals surface area (Å²) in [5, 5.41) is 8.04. The number of nitrogens with two attached hydrogens (primary N) is 2. The van der Waals surface area contributed by atoms with Crippen LogP contribution in [0.1, 0.15) is 68.5 Å². The summed E-state index contributed by atoms with van der Waals surface area (Å²) in [5.41, 5.74) is 15.3. The van der Waals surface area contributed by atoms with Crippen LogP contribution < -0.4 is 17.2 Å². The number of likely N-dealkylation sites (tertiary alicyclic amines) is 1. The molecule has 0 amide bonds. The molecule has 1 aliphatic heterocycles. The van der Waals surface area contributed by atoms with E-state index in [1.165, 1.54) is 23.0 Å². The summed E-state index contributed by atoms with van der Waals surface area (Å²) in [4.78, 5) is 22.9. The number of hydrogen-bond donors (Lipinski definition) is 4. The summed E-state index contributed by atoms with van der Waals surface area (Å²) >= 11 is 6.32. The van der Waals surface area contributed by atoms with Crippen molar-refractivity contribution in [3.63, 3.8) is 0 Å². The van der Waals surface area contributed by atoms with E-state index in [1.807, 2.05) is 18.2 Å². The van der Waals surface area contributed by atoms with Gasteiger partial charge >= 0.3 is 5.69 Å². The summed E-state index contributed by atoms with van der Waals surface area (Å²) in [6.07, 6.45) is 10.8. The van der Waals surface area contributed by atoms with Crippen LogP contribution in [0, 0.1) is 17.1 Å². The predicted octanol–water partition coefficient (Wildman–Crippen LogP) is 6.06. The van der Waals surface area contributed by atoms with Crippen LogP contribution in [0.15, 0.2) is 53.5 Å². The van der Waals surface area contributed by atoms with Gasteiger partial charge in [0.1, 0.15) is 5.65 Å². The van der Waals surface area contributed by atoms with Crippen LogP contribution >= 0.6 is 11.6 Å². The molecule has 9 nitrogen and oxygen atoms in total. The molecule has 3 atom stereocenters. The second-order valence-corrected chi connectivity index (χ2v) is 13.0. The number of ether oxygens (including phenoxy) is 1. The third-order valence-electron chi connectivity index (χ3n) is 9.46. The van der Waals surface area contributed by atoms with E-state index in [2.05, 4.69) is 34.0 Å². The van der Waals surface area contributed by atoms with Gasteiger partial charge in [0.15, 0.2) is 5.82 Å². The highest BCUT2D eigenvalue weighted by molar-refractivity contribution is 6.31. The molecule has 238 valence electrons. The molecule has 6 N–H and O–H groups in total.